The number of aromatic nitrogens is 2. The summed E-state index contributed by atoms with van der Waals surface area (Å²) in [6.45, 7) is 0. The van der Waals surface area contributed by atoms with Gasteiger partial charge in [0.15, 0.2) is 0 Å². The van der Waals surface area contributed by atoms with Crippen LogP contribution in [0.5, 0.6) is 0 Å². The highest BCUT2D eigenvalue weighted by atomic mass is 16.6. The van der Waals surface area contributed by atoms with Crippen molar-refractivity contribution in [2.24, 2.45) is 0 Å². The molecule has 0 aliphatic heterocycles. The Morgan fingerprint density at radius 1 is 0.846 bits per heavy atom. The van der Waals surface area contributed by atoms with Crippen LogP contribution >= 0.6 is 0 Å². The van der Waals surface area contributed by atoms with Gasteiger partial charge in [-0.05, 0) is 24.3 Å². The highest BCUT2D eigenvalue weighted by Gasteiger charge is 2.15. The molecule has 0 aliphatic carbocycles. The number of hydrogen-bond acceptors (Lipinski definition) is 3. The van der Waals surface area contributed by atoms with Crippen LogP contribution in [0.4, 0.5) is 5.69 Å². The molecule has 2 heterocycles. The maximum atomic E-state index is 10.9. The Hall–Kier alpha value is -3.73. The second-order valence-electron chi connectivity index (χ2n) is 6.20. The molecule has 0 bridgehead atoms. The second kappa shape index (κ2) is 5.39. The molecule has 0 saturated heterocycles. The minimum atomic E-state index is -0.393. The molecule has 2 aromatic heterocycles. The van der Waals surface area contributed by atoms with Gasteiger partial charge in [-0.15, -0.1) is 0 Å². The molecule has 0 unspecified atom stereocenters. The van der Waals surface area contributed by atoms with E-state index in [1.165, 1.54) is 12.1 Å². The Labute approximate surface area is 148 Å². The lowest BCUT2D eigenvalue weighted by atomic mass is 10.0. The lowest BCUT2D eigenvalue weighted by Crippen LogP contribution is -1.90. The van der Waals surface area contributed by atoms with Crippen molar-refractivity contribution in [1.29, 1.82) is 0 Å². The topological polar surface area (TPSA) is 71.8 Å². The smallest absolute Gasteiger partial charge is 0.269 e. The standard InChI is InChI=1S/C21H13N3O2/c25-24(26)14-11-9-13(10-12-14)20-21-19(15-5-1-3-7-17(15)22-20)16-6-2-4-8-18(16)23-21/h1-12,23H. The fraction of sp³-hybridized carbons (Fsp3) is 0. The summed E-state index contributed by atoms with van der Waals surface area (Å²) >= 11 is 0. The van der Waals surface area contributed by atoms with E-state index >= 15 is 0 Å². The van der Waals surface area contributed by atoms with E-state index in [2.05, 4.69) is 17.1 Å². The van der Waals surface area contributed by atoms with Crippen molar-refractivity contribution in [3.63, 3.8) is 0 Å². The monoisotopic (exact) mass is 339 g/mol. The molecule has 5 rings (SSSR count). The molecule has 5 heteroatoms. The van der Waals surface area contributed by atoms with Crippen molar-refractivity contribution in [2.75, 3.05) is 0 Å². The highest BCUT2D eigenvalue weighted by molar-refractivity contribution is 6.22. The average molecular weight is 339 g/mol. The van der Waals surface area contributed by atoms with Gasteiger partial charge in [-0.25, -0.2) is 4.98 Å². The molecule has 26 heavy (non-hydrogen) atoms. The first-order valence-corrected chi connectivity index (χ1v) is 8.26. The summed E-state index contributed by atoms with van der Waals surface area (Å²) in [6, 6.07) is 22.7. The van der Waals surface area contributed by atoms with E-state index in [4.69, 9.17) is 4.98 Å². The molecule has 5 nitrogen and oxygen atoms in total. The van der Waals surface area contributed by atoms with Crippen molar-refractivity contribution >= 4 is 38.4 Å². The van der Waals surface area contributed by atoms with Crippen LogP contribution in [0.25, 0.3) is 44.0 Å². The molecule has 0 spiro atoms. The van der Waals surface area contributed by atoms with Crippen LogP contribution in [0, 0.1) is 10.1 Å². The van der Waals surface area contributed by atoms with Gasteiger partial charge in [0.05, 0.1) is 21.7 Å². The highest BCUT2D eigenvalue weighted by Crippen LogP contribution is 2.37. The van der Waals surface area contributed by atoms with Gasteiger partial charge in [0.2, 0.25) is 0 Å². The normalized spacial score (nSPS) is 11.4. The van der Waals surface area contributed by atoms with Crippen LogP contribution in [-0.2, 0) is 0 Å². The predicted octanol–water partition coefficient (Wildman–Crippen LogP) is 5.44. The first-order chi connectivity index (χ1) is 12.7. The Kier molecular flexibility index (Phi) is 3.03. The number of nitrogens with zero attached hydrogens (tertiary/aromatic N) is 2. The Bertz CT molecular complexity index is 1300. The molecule has 0 aliphatic rings. The van der Waals surface area contributed by atoms with Crippen LogP contribution in [-0.4, -0.2) is 14.9 Å². The third-order valence-corrected chi connectivity index (χ3v) is 4.70. The van der Waals surface area contributed by atoms with Gasteiger partial charge in [-0.2, -0.15) is 0 Å². The van der Waals surface area contributed by atoms with Crippen LogP contribution in [0.1, 0.15) is 0 Å². The lowest BCUT2D eigenvalue weighted by molar-refractivity contribution is -0.384. The number of H-pyrrole nitrogens is 1. The van der Waals surface area contributed by atoms with Gasteiger partial charge in [0.25, 0.3) is 5.69 Å². The molecular formula is C21H13N3O2. The zero-order chi connectivity index (χ0) is 17.7. The number of fused-ring (bicyclic) bond motifs is 5. The molecule has 0 saturated carbocycles. The molecular weight excluding hydrogens is 326 g/mol. The van der Waals surface area contributed by atoms with Crippen molar-refractivity contribution < 1.29 is 4.92 Å². The summed E-state index contributed by atoms with van der Waals surface area (Å²) in [6.07, 6.45) is 0. The minimum Gasteiger partial charge on any atom is -0.353 e. The number of nitrogens with one attached hydrogen (secondary N) is 1. The summed E-state index contributed by atoms with van der Waals surface area (Å²) in [4.78, 5) is 18.9. The summed E-state index contributed by atoms with van der Waals surface area (Å²) in [5, 5.41) is 14.3. The molecule has 0 atom stereocenters. The van der Waals surface area contributed by atoms with E-state index in [0.29, 0.717) is 0 Å². The maximum Gasteiger partial charge on any atom is 0.269 e. The molecule has 5 aromatic rings. The van der Waals surface area contributed by atoms with E-state index < -0.39 is 4.92 Å². The largest absolute Gasteiger partial charge is 0.353 e. The number of aromatic amines is 1. The van der Waals surface area contributed by atoms with Crippen LogP contribution in [0.2, 0.25) is 0 Å². The van der Waals surface area contributed by atoms with Crippen LogP contribution in [0.15, 0.2) is 72.8 Å². The SMILES string of the molecule is O=[N+]([O-])c1ccc(-c2nc3ccccc3c3c2[nH]c2ccccc23)cc1. The van der Waals surface area contributed by atoms with E-state index in [-0.39, 0.29) is 5.69 Å². The van der Waals surface area contributed by atoms with E-state index in [0.717, 1.165) is 44.0 Å². The first-order valence-electron chi connectivity index (χ1n) is 8.26. The van der Waals surface area contributed by atoms with E-state index in [1.54, 1.807) is 12.1 Å². The van der Waals surface area contributed by atoms with Crippen molar-refractivity contribution in [1.82, 2.24) is 9.97 Å². The number of rotatable bonds is 2. The zero-order valence-corrected chi connectivity index (χ0v) is 13.6. The predicted molar refractivity (Wildman–Crippen MR) is 103 cm³/mol. The van der Waals surface area contributed by atoms with Crippen molar-refractivity contribution in [3.8, 4) is 11.3 Å². The Morgan fingerprint density at radius 2 is 1.54 bits per heavy atom. The summed E-state index contributed by atoms with van der Waals surface area (Å²) in [7, 11) is 0. The fourth-order valence-corrected chi connectivity index (χ4v) is 3.51. The molecule has 124 valence electrons. The average Bonchev–Trinajstić information content (AvgIpc) is 3.07. The molecule has 0 amide bonds. The number of para-hydroxylation sites is 2. The van der Waals surface area contributed by atoms with Gasteiger partial charge in [-0.1, -0.05) is 36.4 Å². The molecule has 1 N–H and O–H groups in total. The number of hydrogen-bond donors (Lipinski definition) is 1. The van der Waals surface area contributed by atoms with Crippen molar-refractivity contribution in [2.45, 2.75) is 0 Å². The van der Waals surface area contributed by atoms with Crippen LogP contribution in [0.3, 0.4) is 0 Å². The molecule has 3 aromatic carbocycles. The van der Waals surface area contributed by atoms with Crippen molar-refractivity contribution in [3.05, 3.63) is 82.9 Å². The van der Waals surface area contributed by atoms with Gasteiger partial charge < -0.3 is 4.98 Å². The minimum absolute atomic E-state index is 0.0717. The van der Waals surface area contributed by atoms with Gasteiger partial charge in [0, 0.05) is 39.4 Å². The number of pyridine rings is 1. The number of nitro groups is 1. The van der Waals surface area contributed by atoms with Gasteiger partial charge >= 0.3 is 0 Å². The summed E-state index contributed by atoms with van der Waals surface area (Å²) in [5.74, 6) is 0. The van der Waals surface area contributed by atoms with Crippen LogP contribution < -0.4 is 0 Å². The van der Waals surface area contributed by atoms with Gasteiger partial charge in [-0.3, -0.25) is 10.1 Å². The number of nitro benzene ring substituents is 1. The lowest BCUT2D eigenvalue weighted by Gasteiger charge is -2.07. The third kappa shape index (κ3) is 2.07. The van der Waals surface area contributed by atoms with Gasteiger partial charge in [0.1, 0.15) is 0 Å². The van der Waals surface area contributed by atoms with E-state index in [9.17, 15) is 10.1 Å². The number of benzene rings is 3. The fourth-order valence-electron chi connectivity index (χ4n) is 3.51. The third-order valence-electron chi connectivity index (χ3n) is 4.70. The maximum absolute atomic E-state index is 10.9. The first kappa shape index (κ1) is 14.6. The second-order valence-corrected chi connectivity index (χ2v) is 6.20. The zero-order valence-electron chi connectivity index (χ0n) is 13.6. The number of non-ortho nitro benzene ring substituents is 1. The molecule has 0 fully saturated rings. The Balaban J connectivity index is 1.90. The summed E-state index contributed by atoms with van der Waals surface area (Å²) < 4.78 is 0. The Morgan fingerprint density at radius 3 is 2.31 bits per heavy atom. The summed E-state index contributed by atoms with van der Waals surface area (Å²) in [5.41, 5.74) is 4.60. The quantitative estimate of drug-likeness (QED) is 0.343. The molecule has 0 radical (unpaired) electrons. The van der Waals surface area contributed by atoms with E-state index in [1.807, 2.05) is 36.4 Å².